The zero-order valence-corrected chi connectivity index (χ0v) is 12.5. The van der Waals surface area contributed by atoms with E-state index in [1.807, 2.05) is 0 Å². The smallest absolute Gasteiger partial charge is 0.0678 e. The second-order valence-electron chi connectivity index (χ2n) is 5.81. The minimum absolute atomic E-state index is 0.282. The summed E-state index contributed by atoms with van der Waals surface area (Å²) < 4.78 is 5.81. The fourth-order valence-electron chi connectivity index (χ4n) is 2.94. The summed E-state index contributed by atoms with van der Waals surface area (Å²) in [5.41, 5.74) is 10.0. The first kappa shape index (κ1) is 14.5. The Morgan fingerprint density at radius 3 is 2.37 bits per heavy atom. The highest BCUT2D eigenvalue weighted by molar-refractivity contribution is 5.32. The Bertz CT molecular complexity index is 423. The molecule has 1 aromatic carbocycles. The fraction of sp³-hybridized carbons (Fsp3) is 0.625. The van der Waals surface area contributed by atoms with Crippen LogP contribution in [0.5, 0.6) is 0 Å². The van der Waals surface area contributed by atoms with Gasteiger partial charge in [-0.1, -0.05) is 18.2 Å². The first-order chi connectivity index (χ1) is 9.01. The molecule has 19 heavy (non-hydrogen) atoms. The maximum Gasteiger partial charge on any atom is 0.0678 e. The number of aryl methyl sites for hydroxylation is 2. The van der Waals surface area contributed by atoms with E-state index in [9.17, 15) is 0 Å². The molecule has 3 heteroatoms. The zero-order chi connectivity index (χ0) is 14.0. The standard InChI is InChI=1S/C16H26N2O/c1-11-5-6-15(7-12(11)2)16(8-17)18-9-13(3)19-14(4)10-18/h5-7,13-14,16H,8-10,17H2,1-4H3/t13-,14-,16-/m1/s1. The quantitative estimate of drug-likeness (QED) is 0.909. The van der Waals surface area contributed by atoms with Crippen LogP contribution in [0.1, 0.15) is 36.6 Å². The molecule has 3 atom stereocenters. The lowest BCUT2D eigenvalue weighted by Gasteiger charge is -2.40. The molecule has 0 unspecified atom stereocenters. The molecule has 0 bridgehead atoms. The zero-order valence-electron chi connectivity index (χ0n) is 12.5. The van der Waals surface area contributed by atoms with Crippen LogP contribution in [0, 0.1) is 13.8 Å². The van der Waals surface area contributed by atoms with Crippen molar-refractivity contribution in [2.75, 3.05) is 19.6 Å². The summed E-state index contributed by atoms with van der Waals surface area (Å²) in [4.78, 5) is 2.46. The lowest BCUT2D eigenvalue weighted by Crippen LogP contribution is -2.48. The van der Waals surface area contributed by atoms with Gasteiger partial charge in [0.1, 0.15) is 0 Å². The SMILES string of the molecule is Cc1ccc([C@@H](CN)N2C[C@@H](C)O[C@H](C)C2)cc1C. The lowest BCUT2D eigenvalue weighted by atomic mass is 9.99. The minimum atomic E-state index is 0.282. The Morgan fingerprint density at radius 2 is 1.84 bits per heavy atom. The Balaban J connectivity index is 2.21. The van der Waals surface area contributed by atoms with Gasteiger partial charge >= 0.3 is 0 Å². The molecule has 2 rings (SSSR count). The van der Waals surface area contributed by atoms with Gasteiger partial charge in [0.2, 0.25) is 0 Å². The van der Waals surface area contributed by atoms with Crippen molar-refractivity contribution in [2.24, 2.45) is 5.73 Å². The normalized spacial score (nSPS) is 26.4. The van der Waals surface area contributed by atoms with Crippen LogP contribution in [0.2, 0.25) is 0 Å². The van der Waals surface area contributed by atoms with E-state index in [0.29, 0.717) is 12.6 Å². The molecule has 2 N–H and O–H groups in total. The summed E-state index contributed by atoms with van der Waals surface area (Å²) in [6.45, 7) is 11.2. The molecule has 1 aliphatic rings. The van der Waals surface area contributed by atoms with E-state index < -0.39 is 0 Å². The largest absolute Gasteiger partial charge is 0.373 e. The second kappa shape index (κ2) is 6.04. The van der Waals surface area contributed by atoms with E-state index in [0.717, 1.165) is 13.1 Å². The van der Waals surface area contributed by atoms with E-state index >= 15 is 0 Å². The van der Waals surface area contributed by atoms with Gasteiger partial charge in [0.25, 0.3) is 0 Å². The predicted octanol–water partition coefficient (Wildman–Crippen LogP) is 2.41. The van der Waals surface area contributed by atoms with Crippen molar-refractivity contribution >= 4 is 0 Å². The Kier molecular flexibility index (Phi) is 4.61. The Morgan fingerprint density at radius 1 is 1.21 bits per heavy atom. The van der Waals surface area contributed by atoms with Gasteiger partial charge in [0.15, 0.2) is 0 Å². The van der Waals surface area contributed by atoms with E-state index in [2.05, 4.69) is 50.8 Å². The highest BCUT2D eigenvalue weighted by Crippen LogP contribution is 2.25. The van der Waals surface area contributed by atoms with Gasteiger partial charge in [-0.2, -0.15) is 0 Å². The lowest BCUT2D eigenvalue weighted by molar-refractivity contribution is -0.0799. The summed E-state index contributed by atoms with van der Waals surface area (Å²) in [5.74, 6) is 0. The molecular formula is C16H26N2O. The molecule has 0 aliphatic carbocycles. The molecule has 0 aromatic heterocycles. The number of ether oxygens (including phenoxy) is 1. The molecule has 1 aliphatic heterocycles. The third kappa shape index (κ3) is 3.35. The van der Waals surface area contributed by atoms with Gasteiger partial charge in [0, 0.05) is 25.7 Å². The van der Waals surface area contributed by atoms with E-state index in [1.165, 1.54) is 16.7 Å². The number of benzene rings is 1. The van der Waals surface area contributed by atoms with Crippen molar-refractivity contribution < 1.29 is 4.74 Å². The molecule has 0 spiro atoms. The predicted molar refractivity (Wildman–Crippen MR) is 79.3 cm³/mol. The Labute approximate surface area is 116 Å². The van der Waals surface area contributed by atoms with Gasteiger partial charge < -0.3 is 10.5 Å². The van der Waals surface area contributed by atoms with Crippen molar-refractivity contribution in [1.82, 2.24) is 4.90 Å². The molecular weight excluding hydrogens is 236 g/mol. The van der Waals surface area contributed by atoms with Crippen LogP contribution < -0.4 is 5.73 Å². The van der Waals surface area contributed by atoms with Crippen molar-refractivity contribution in [2.45, 2.75) is 45.9 Å². The second-order valence-corrected chi connectivity index (χ2v) is 5.81. The van der Waals surface area contributed by atoms with E-state index in [1.54, 1.807) is 0 Å². The van der Waals surface area contributed by atoms with Crippen molar-refractivity contribution in [3.05, 3.63) is 34.9 Å². The van der Waals surface area contributed by atoms with Crippen LogP contribution in [-0.4, -0.2) is 36.7 Å². The highest BCUT2D eigenvalue weighted by Gasteiger charge is 2.28. The number of rotatable bonds is 3. The third-order valence-corrected chi connectivity index (χ3v) is 4.03. The van der Waals surface area contributed by atoms with Gasteiger partial charge in [-0.25, -0.2) is 0 Å². The average molecular weight is 262 g/mol. The maximum atomic E-state index is 6.03. The van der Waals surface area contributed by atoms with Crippen LogP contribution >= 0.6 is 0 Å². The van der Waals surface area contributed by atoms with Gasteiger partial charge in [-0.15, -0.1) is 0 Å². The number of hydrogen-bond donors (Lipinski definition) is 1. The first-order valence-electron chi connectivity index (χ1n) is 7.18. The third-order valence-electron chi connectivity index (χ3n) is 4.03. The van der Waals surface area contributed by atoms with Gasteiger partial charge in [-0.3, -0.25) is 4.90 Å². The molecule has 3 nitrogen and oxygen atoms in total. The molecule has 1 aromatic rings. The van der Waals surface area contributed by atoms with E-state index in [-0.39, 0.29) is 12.2 Å². The van der Waals surface area contributed by atoms with Crippen molar-refractivity contribution in [3.8, 4) is 0 Å². The van der Waals surface area contributed by atoms with Crippen LogP contribution in [0.4, 0.5) is 0 Å². The maximum absolute atomic E-state index is 6.03. The first-order valence-corrected chi connectivity index (χ1v) is 7.18. The van der Waals surface area contributed by atoms with Crippen molar-refractivity contribution in [1.29, 1.82) is 0 Å². The summed E-state index contributed by atoms with van der Waals surface area (Å²) in [5, 5.41) is 0. The fourth-order valence-corrected chi connectivity index (χ4v) is 2.94. The van der Waals surface area contributed by atoms with E-state index in [4.69, 9.17) is 10.5 Å². The molecule has 106 valence electrons. The summed E-state index contributed by atoms with van der Waals surface area (Å²) in [6.07, 6.45) is 0.564. The average Bonchev–Trinajstić information content (AvgIpc) is 2.33. The summed E-state index contributed by atoms with van der Waals surface area (Å²) >= 11 is 0. The van der Waals surface area contributed by atoms with Crippen LogP contribution in [-0.2, 0) is 4.74 Å². The topological polar surface area (TPSA) is 38.5 Å². The number of hydrogen-bond acceptors (Lipinski definition) is 3. The summed E-state index contributed by atoms with van der Waals surface area (Å²) in [7, 11) is 0. The molecule has 0 amide bonds. The molecule has 0 saturated carbocycles. The molecule has 1 saturated heterocycles. The Hall–Kier alpha value is -0.900. The monoisotopic (exact) mass is 262 g/mol. The van der Waals surface area contributed by atoms with Crippen LogP contribution in [0.25, 0.3) is 0 Å². The summed E-state index contributed by atoms with van der Waals surface area (Å²) in [6, 6.07) is 6.98. The van der Waals surface area contributed by atoms with Gasteiger partial charge in [0.05, 0.1) is 12.2 Å². The van der Waals surface area contributed by atoms with Gasteiger partial charge in [-0.05, 0) is 44.4 Å². The highest BCUT2D eigenvalue weighted by atomic mass is 16.5. The number of nitrogens with zero attached hydrogens (tertiary/aromatic N) is 1. The molecule has 1 heterocycles. The molecule has 1 fully saturated rings. The van der Waals surface area contributed by atoms with Crippen molar-refractivity contribution in [3.63, 3.8) is 0 Å². The minimum Gasteiger partial charge on any atom is -0.373 e. The number of morpholine rings is 1. The van der Waals surface area contributed by atoms with Crippen LogP contribution in [0.3, 0.4) is 0 Å². The number of nitrogens with two attached hydrogens (primary N) is 1. The van der Waals surface area contributed by atoms with Crippen LogP contribution in [0.15, 0.2) is 18.2 Å². The molecule has 0 radical (unpaired) electrons.